The Morgan fingerprint density at radius 3 is 2.50 bits per heavy atom. The fraction of sp³-hybridized carbons (Fsp3) is 0.500. The maximum absolute atomic E-state index is 12.6. The molecule has 2 aromatic heterocycles. The molecular weight excluding hydrogens is 326 g/mol. The van der Waals surface area contributed by atoms with E-state index in [1.165, 1.54) is 4.90 Å². The molecule has 24 heavy (non-hydrogen) atoms. The molecule has 7 nitrogen and oxygen atoms in total. The summed E-state index contributed by atoms with van der Waals surface area (Å²) in [6.45, 7) is 3.29. The fourth-order valence-electron chi connectivity index (χ4n) is 3.76. The third kappa shape index (κ3) is 1.95. The van der Waals surface area contributed by atoms with Crippen molar-refractivity contribution in [3.05, 3.63) is 17.3 Å². The van der Waals surface area contributed by atoms with E-state index in [4.69, 9.17) is 0 Å². The quantitative estimate of drug-likeness (QED) is 0.738. The van der Waals surface area contributed by atoms with Crippen LogP contribution in [-0.4, -0.2) is 64.4 Å². The van der Waals surface area contributed by atoms with Gasteiger partial charge in [0.25, 0.3) is 5.91 Å². The molecule has 0 aliphatic carbocycles. The summed E-state index contributed by atoms with van der Waals surface area (Å²) in [4.78, 5) is 38.9. The second-order valence-electron chi connectivity index (χ2n) is 6.45. The lowest BCUT2D eigenvalue weighted by Gasteiger charge is -2.41. The second-order valence-corrected chi connectivity index (χ2v) is 7.37. The van der Waals surface area contributed by atoms with Crippen LogP contribution in [0.3, 0.4) is 0 Å². The van der Waals surface area contributed by atoms with Gasteiger partial charge in [0.15, 0.2) is 0 Å². The number of carbonyl (C=O) groups is 2. The Morgan fingerprint density at radius 1 is 1.17 bits per heavy atom. The largest absolute Gasteiger partial charge is 0.355 e. The Bertz CT molecular complexity index is 840. The lowest BCUT2D eigenvalue weighted by molar-refractivity contribution is -0.133. The van der Waals surface area contributed by atoms with Crippen LogP contribution in [0.15, 0.2) is 11.4 Å². The van der Waals surface area contributed by atoms with Gasteiger partial charge in [0, 0.05) is 27.2 Å². The van der Waals surface area contributed by atoms with Crippen molar-refractivity contribution in [3.8, 4) is 0 Å². The minimum absolute atomic E-state index is 0.0882. The molecule has 0 saturated carbocycles. The van der Waals surface area contributed by atoms with Gasteiger partial charge in [-0.1, -0.05) is 0 Å². The summed E-state index contributed by atoms with van der Waals surface area (Å²) in [6.07, 6.45) is 1.24. The molecular formula is C16H19N5O2S. The first-order valence-corrected chi connectivity index (χ1v) is 8.85. The number of piperidine rings is 1. The number of hydrogen-bond donors (Lipinski definition) is 0. The van der Waals surface area contributed by atoms with Crippen LogP contribution in [0, 0.1) is 6.92 Å². The lowest BCUT2D eigenvalue weighted by atomic mass is 9.86. The van der Waals surface area contributed by atoms with E-state index in [1.54, 1.807) is 30.3 Å². The van der Waals surface area contributed by atoms with Gasteiger partial charge in [-0.25, -0.2) is 14.8 Å². The van der Waals surface area contributed by atoms with Gasteiger partial charge in [0.05, 0.1) is 10.2 Å². The van der Waals surface area contributed by atoms with Crippen LogP contribution in [-0.2, 0) is 4.79 Å². The number of imide groups is 1. The van der Waals surface area contributed by atoms with Crippen molar-refractivity contribution in [2.75, 3.05) is 32.1 Å². The first kappa shape index (κ1) is 15.3. The number of nitrogens with zero attached hydrogens (tertiary/aromatic N) is 5. The number of fused-ring (bicyclic) bond motifs is 1. The second kappa shape index (κ2) is 5.14. The third-order valence-electron chi connectivity index (χ3n) is 5.21. The fourth-order valence-corrected chi connectivity index (χ4v) is 4.61. The molecule has 0 N–H and O–H groups in total. The highest BCUT2D eigenvalue weighted by Gasteiger charge is 2.55. The molecule has 4 rings (SSSR count). The predicted molar refractivity (Wildman–Crippen MR) is 92.3 cm³/mol. The number of aromatic nitrogens is 2. The molecule has 0 unspecified atom stereocenters. The maximum Gasteiger partial charge on any atom is 0.327 e. The van der Waals surface area contributed by atoms with Gasteiger partial charge in [-0.15, -0.1) is 11.3 Å². The number of aryl methyl sites for hydroxylation is 1. The van der Waals surface area contributed by atoms with E-state index < -0.39 is 5.54 Å². The van der Waals surface area contributed by atoms with E-state index in [0.29, 0.717) is 25.9 Å². The number of likely N-dealkylation sites (N-methyl/N-ethyl adjacent to an activating group) is 2. The van der Waals surface area contributed by atoms with E-state index in [-0.39, 0.29) is 11.9 Å². The van der Waals surface area contributed by atoms with E-state index in [9.17, 15) is 9.59 Å². The Hall–Kier alpha value is -2.22. The molecule has 3 amide bonds. The highest BCUT2D eigenvalue weighted by molar-refractivity contribution is 7.17. The summed E-state index contributed by atoms with van der Waals surface area (Å²) in [5.74, 6) is 1.60. The van der Waals surface area contributed by atoms with Gasteiger partial charge >= 0.3 is 6.03 Å². The molecule has 2 aliphatic rings. The Balaban J connectivity index is 1.64. The average Bonchev–Trinajstić information content (AvgIpc) is 3.11. The van der Waals surface area contributed by atoms with Gasteiger partial charge in [0.1, 0.15) is 17.2 Å². The average molecular weight is 345 g/mol. The van der Waals surface area contributed by atoms with Crippen LogP contribution in [0.1, 0.15) is 18.7 Å². The summed E-state index contributed by atoms with van der Waals surface area (Å²) in [7, 11) is 3.29. The monoisotopic (exact) mass is 345 g/mol. The first-order valence-electron chi connectivity index (χ1n) is 7.97. The standard InChI is InChI=1S/C16H19N5O2S/c1-10-17-11-4-9-24-12(11)13(18-10)21-7-5-16(6-8-21)14(22)19(2)15(23)20(16)3/h4,9H,5-8H2,1-3H3. The van der Waals surface area contributed by atoms with Crippen LogP contribution >= 0.6 is 11.3 Å². The van der Waals surface area contributed by atoms with E-state index in [0.717, 1.165) is 21.9 Å². The maximum atomic E-state index is 12.6. The van der Waals surface area contributed by atoms with Gasteiger partial charge < -0.3 is 9.80 Å². The number of carbonyl (C=O) groups excluding carboxylic acids is 2. The highest BCUT2D eigenvalue weighted by atomic mass is 32.1. The molecule has 126 valence electrons. The Labute approximate surface area is 143 Å². The minimum atomic E-state index is -0.695. The third-order valence-corrected chi connectivity index (χ3v) is 6.11. The zero-order valence-corrected chi connectivity index (χ0v) is 14.8. The number of anilines is 1. The number of thiophene rings is 1. The van der Waals surface area contributed by atoms with Crippen LogP contribution in [0.2, 0.25) is 0 Å². The molecule has 0 aromatic carbocycles. The topological polar surface area (TPSA) is 69.6 Å². The Kier molecular flexibility index (Phi) is 3.28. The minimum Gasteiger partial charge on any atom is -0.355 e. The SMILES string of the molecule is Cc1nc(N2CCC3(CC2)C(=O)N(C)C(=O)N3C)c2sccc2n1. The zero-order chi connectivity index (χ0) is 17.1. The number of amides is 3. The van der Waals surface area contributed by atoms with Crippen LogP contribution in [0.5, 0.6) is 0 Å². The molecule has 4 heterocycles. The number of rotatable bonds is 1. The zero-order valence-electron chi connectivity index (χ0n) is 13.9. The van der Waals surface area contributed by atoms with Gasteiger partial charge in [0.2, 0.25) is 0 Å². The molecule has 2 aromatic rings. The molecule has 1 spiro atoms. The molecule has 2 aliphatic heterocycles. The normalized spacial score (nSPS) is 20.7. The molecule has 8 heteroatoms. The van der Waals surface area contributed by atoms with E-state index in [1.807, 2.05) is 18.4 Å². The lowest BCUT2D eigenvalue weighted by Crippen LogP contribution is -2.55. The first-order chi connectivity index (χ1) is 11.4. The summed E-state index contributed by atoms with van der Waals surface area (Å²) >= 11 is 1.64. The van der Waals surface area contributed by atoms with Crippen molar-refractivity contribution < 1.29 is 9.59 Å². The summed E-state index contributed by atoms with van der Waals surface area (Å²) in [5.41, 5.74) is 0.269. The molecule has 2 saturated heterocycles. The molecule has 2 fully saturated rings. The van der Waals surface area contributed by atoms with E-state index in [2.05, 4.69) is 14.9 Å². The van der Waals surface area contributed by atoms with Crippen molar-refractivity contribution in [1.82, 2.24) is 19.8 Å². The molecule has 0 bridgehead atoms. The van der Waals surface area contributed by atoms with Gasteiger partial charge in [-0.3, -0.25) is 9.69 Å². The summed E-state index contributed by atoms with van der Waals surface area (Å²) < 4.78 is 1.08. The van der Waals surface area contributed by atoms with Gasteiger partial charge in [-0.05, 0) is 31.2 Å². The Morgan fingerprint density at radius 2 is 1.88 bits per heavy atom. The highest BCUT2D eigenvalue weighted by Crippen LogP contribution is 2.38. The van der Waals surface area contributed by atoms with E-state index >= 15 is 0 Å². The van der Waals surface area contributed by atoms with Crippen molar-refractivity contribution >= 4 is 39.3 Å². The van der Waals surface area contributed by atoms with Crippen molar-refractivity contribution in [3.63, 3.8) is 0 Å². The van der Waals surface area contributed by atoms with Gasteiger partial charge in [-0.2, -0.15) is 0 Å². The predicted octanol–water partition coefficient (Wildman–Crippen LogP) is 1.86. The van der Waals surface area contributed by atoms with Crippen molar-refractivity contribution in [2.24, 2.45) is 0 Å². The molecule has 0 radical (unpaired) electrons. The van der Waals surface area contributed by atoms with Crippen molar-refractivity contribution in [2.45, 2.75) is 25.3 Å². The summed E-state index contributed by atoms with van der Waals surface area (Å²) in [6, 6.07) is 1.79. The number of urea groups is 1. The van der Waals surface area contributed by atoms with Crippen LogP contribution < -0.4 is 4.90 Å². The van der Waals surface area contributed by atoms with Crippen LogP contribution in [0.4, 0.5) is 10.6 Å². The molecule has 0 atom stereocenters. The van der Waals surface area contributed by atoms with Crippen molar-refractivity contribution in [1.29, 1.82) is 0 Å². The smallest absolute Gasteiger partial charge is 0.327 e. The van der Waals surface area contributed by atoms with Crippen LogP contribution in [0.25, 0.3) is 10.2 Å². The number of hydrogen-bond acceptors (Lipinski definition) is 6. The summed E-state index contributed by atoms with van der Waals surface area (Å²) in [5, 5.41) is 2.02.